The molecule has 2 aromatic rings. The predicted octanol–water partition coefficient (Wildman–Crippen LogP) is 2.79. The first-order valence-electron chi connectivity index (χ1n) is 5.16. The Hall–Kier alpha value is -2.45. The van der Waals surface area contributed by atoms with Gasteiger partial charge in [0.1, 0.15) is 0 Å². The molecule has 1 aromatic carbocycles. The van der Waals surface area contributed by atoms with Crippen LogP contribution in [-0.4, -0.2) is 27.6 Å². The number of aromatic nitrogens is 2. The molecule has 0 aliphatic heterocycles. The van der Waals surface area contributed by atoms with Crippen molar-refractivity contribution in [1.29, 1.82) is 0 Å². The molecule has 0 aliphatic rings. The quantitative estimate of drug-likeness (QED) is 0.876. The van der Waals surface area contributed by atoms with Gasteiger partial charge in [0.2, 0.25) is 5.82 Å². The van der Waals surface area contributed by atoms with Gasteiger partial charge in [-0.15, -0.1) is 0 Å². The van der Waals surface area contributed by atoms with E-state index in [1.165, 1.54) is 18.2 Å². The Labute approximate surface area is 108 Å². The number of benzene rings is 1. The van der Waals surface area contributed by atoms with Gasteiger partial charge in [0.15, 0.2) is 0 Å². The molecule has 1 heterocycles. The van der Waals surface area contributed by atoms with E-state index in [4.69, 9.17) is 5.11 Å². The Bertz CT molecular complexity index is 642. The van der Waals surface area contributed by atoms with Gasteiger partial charge in [0.25, 0.3) is 0 Å². The van der Waals surface area contributed by atoms with Crippen LogP contribution < -0.4 is 0 Å². The lowest BCUT2D eigenvalue weighted by Crippen LogP contribution is -2.23. The predicted molar refractivity (Wildman–Crippen MR) is 56.6 cm³/mol. The first-order chi connectivity index (χ1) is 9.32. The van der Waals surface area contributed by atoms with Crippen LogP contribution in [0.1, 0.15) is 16.2 Å². The average molecular weight is 290 g/mol. The highest BCUT2D eigenvalue weighted by Gasteiger charge is 2.48. The van der Waals surface area contributed by atoms with Crippen LogP contribution in [0.4, 0.5) is 17.6 Å². The Kier molecular flexibility index (Phi) is 3.43. The van der Waals surface area contributed by atoms with E-state index in [1.807, 2.05) is 0 Å². The summed E-state index contributed by atoms with van der Waals surface area (Å²) in [6.07, 6.45) is -3.99. The van der Waals surface area contributed by atoms with Gasteiger partial charge in [0.05, 0.1) is 5.56 Å². The zero-order chi connectivity index (χ0) is 14.9. The third kappa shape index (κ3) is 2.46. The molecule has 20 heavy (non-hydrogen) atoms. The van der Waals surface area contributed by atoms with E-state index in [2.05, 4.69) is 14.7 Å². The van der Waals surface area contributed by atoms with Crippen molar-refractivity contribution in [1.82, 2.24) is 10.1 Å². The van der Waals surface area contributed by atoms with Gasteiger partial charge in [-0.2, -0.15) is 13.8 Å². The van der Waals surface area contributed by atoms with Crippen molar-refractivity contribution in [3.63, 3.8) is 0 Å². The van der Waals surface area contributed by atoms with Gasteiger partial charge in [-0.3, -0.25) is 0 Å². The molecule has 0 spiro atoms. The van der Waals surface area contributed by atoms with E-state index in [9.17, 15) is 22.4 Å². The molecule has 2 rings (SSSR count). The normalized spacial score (nSPS) is 11.8. The topological polar surface area (TPSA) is 76.2 Å². The largest absolute Gasteiger partial charge is 0.478 e. The van der Waals surface area contributed by atoms with Gasteiger partial charge in [0, 0.05) is 5.56 Å². The maximum Gasteiger partial charge on any atom is 0.383 e. The number of carboxylic acids is 1. The van der Waals surface area contributed by atoms with Gasteiger partial charge < -0.3 is 9.63 Å². The number of carboxylic acid groups (broad SMARTS) is 1. The molecule has 0 saturated carbocycles. The summed E-state index contributed by atoms with van der Waals surface area (Å²) in [6, 6.07) is 5.04. The maximum atomic E-state index is 13.0. The average Bonchev–Trinajstić information content (AvgIpc) is 2.88. The number of carbonyl (C=O) groups is 1. The molecule has 1 aromatic heterocycles. The van der Waals surface area contributed by atoms with Crippen LogP contribution in [0.25, 0.3) is 11.4 Å². The first kappa shape index (κ1) is 14.0. The van der Waals surface area contributed by atoms with E-state index >= 15 is 0 Å². The monoisotopic (exact) mass is 290 g/mol. The molecular weight excluding hydrogens is 284 g/mol. The van der Waals surface area contributed by atoms with Gasteiger partial charge in [-0.05, 0) is 12.1 Å². The van der Waals surface area contributed by atoms with E-state index in [1.54, 1.807) is 0 Å². The number of aromatic carboxylic acids is 1. The second-order valence-electron chi connectivity index (χ2n) is 3.73. The summed E-state index contributed by atoms with van der Waals surface area (Å²) in [7, 11) is 0. The third-order valence-electron chi connectivity index (χ3n) is 2.35. The molecule has 0 saturated heterocycles. The summed E-state index contributed by atoms with van der Waals surface area (Å²) >= 11 is 0. The summed E-state index contributed by atoms with van der Waals surface area (Å²) < 4.78 is 54.3. The van der Waals surface area contributed by atoms with Crippen molar-refractivity contribution < 1.29 is 32.0 Å². The number of nitrogens with zero attached hydrogens (tertiary/aromatic N) is 2. The standard InChI is InChI=1S/C11H6F4N2O3/c12-9(13)11(14,15)10-16-7(17-20-10)5-2-1-3-6(4-5)8(18)19/h1-4,9H,(H,18,19). The Morgan fingerprint density at radius 2 is 2.05 bits per heavy atom. The van der Waals surface area contributed by atoms with Crippen molar-refractivity contribution in [2.45, 2.75) is 12.3 Å². The summed E-state index contributed by atoms with van der Waals surface area (Å²) in [5.41, 5.74) is -0.0700. The highest BCUT2D eigenvalue weighted by molar-refractivity contribution is 5.89. The van der Waals surface area contributed by atoms with Crippen molar-refractivity contribution in [3.8, 4) is 11.4 Å². The fraction of sp³-hybridized carbons (Fsp3) is 0.182. The lowest BCUT2D eigenvalue weighted by atomic mass is 10.1. The Balaban J connectivity index is 2.39. The Morgan fingerprint density at radius 1 is 1.35 bits per heavy atom. The lowest BCUT2D eigenvalue weighted by Gasteiger charge is -2.08. The molecule has 0 radical (unpaired) electrons. The van der Waals surface area contributed by atoms with Crippen molar-refractivity contribution >= 4 is 5.97 Å². The number of rotatable bonds is 4. The highest BCUT2D eigenvalue weighted by Crippen LogP contribution is 2.34. The summed E-state index contributed by atoms with van der Waals surface area (Å²) in [5, 5.41) is 11.9. The van der Waals surface area contributed by atoms with Crippen molar-refractivity contribution in [3.05, 3.63) is 35.7 Å². The fourth-order valence-corrected chi connectivity index (χ4v) is 1.36. The number of hydrogen-bond donors (Lipinski definition) is 1. The van der Waals surface area contributed by atoms with E-state index in [-0.39, 0.29) is 11.1 Å². The van der Waals surface area contributed by atoms with Crippen molar-refractivity contribution in [2.24, 2.45) is 0 Å². The van der Waals surface area contributed by atoms with E-state index < -0.39 is 30.0 Å². The minimum atomic E-state index is -4.56. The zero-order valence-corrected chi connectivity index (χ0v) is 9.56. The van der Waals surface area contributed by atoms with Crippen LogP contribution in [0.5, 0.6) is 0 Å². The lowest BCUT2D eigenvalue weighted by molar-refractivity contribution is -0.152. The van der Waals surface area contributed by atoms with Crippen LogP contribution >= 0.6 is 0 Å². The molecule has 9 heteroatoms. The van der Waals surface area contributed by atoms with Crippen LogP contribution in [0, 0.1) is 0 Å². The highest BCUT2D eigenvalue weighted by atomic mass is 19.3. The Morgan fingerprint density at radius 3 is 2.65 bits per heavy atom. The molecule has 0 bridgehead atoms. The number of alkyl halides is 4. The summed E-state index contributed by atoms with van der Waals surface area (Å²) in [5.74, 6) is -7.73. The van der Waals surface area contributed by atoms with Crippen LogP contribution in [0.15, 0.2) is 28.8 Å². The second kappa shape index (κ2) is 4.91. The van der Waals surface area contributed by atoms with Crippen LogP contribution in [0.3, 0.4) is 0 Å². The molecule has 0 atom stereocenters. The van der Waals surface area contributed by atoms with E-state index in [0.29, 0.717) is 0 Å². The zero-order valence-electron chi connectivity index (χ0n) is 9.56. The van der Waals surface area contributed by atoms with Gasteiger partial charge in [-0.1, -0.05) is 17.3 Å². The minimum Gasteiger partial charge on any atom is -0.478 e. The molecule has 0 unspecified atom stereocenters. The van der Waals surface area contributed by atoms with Crippen LogP contribution in [-0.2, 0) is 5.92 Å². The molecule has 1 N–H and O–H groups in total. The van der Waals surface area contributed by atoms with Crippen molar-refractivity contribution in [2.75, 3.05) is 0 Å². The molecule has 0 amide bonds. The molecule has 106 valence electrons. The van der Waals surface area contributed by atoms with Gasteiger partial charge in [-0.25, -0.2) is 13.6 Å². The SMILES string of the molecule is O=C(O)c1cccc(-c2noc(C(F)(F)C(F)F)n2)c1. The maximum absolute atomic E-state index is 13.0. The summed E-state index contributed by atoms with van der Waals surface area (Å²) in [4.78, 5) is 13.9. The summed E-state index contributed by atoms with van der Waals surface area (Å²) in [6.45, 7) is 0. The smallest absolute Gasteiger partial charge is 0.383 e. The van der Waals surface area contributed by atoms with E-state index in [0.717, 1.165) is 6.07 Å². The fourth-order valence-electron chi connectivity index (χ4n) is 1.36. The second-order valence-corrected chi connectivity index (χ2v) is 3.73. The number of halogens is 4. The molecule has 0 fully saturated rings. The third-order valence-corrected chi connectivity index (χ3v) is 2.35. The molecule has 5 nitrogen and oxygen atoms in total. The number of hydrogen-bond acceptors (Lipinski definition) is 4. The van der Waals surface area contributed by atoms with Crippen LogP contribution in [0.2, 0.25) is 0 Å². The minimum absolute atomic E-state index is 0.0602. The van der Waals surface area contributed by atoms with Gasteiger partial charge >= 0.3 is 24.2 Å². The first-order valence-corrected chi connectivity index (χ1v) is 5.16. The molecular formula is C11H6F4N2O3. The molecule has 0 aliphatic carbocycles.